The van der Waals surface area contributed by atoms with Gasteiger partial charge in [0.25, 0.3) is 0 Å². The first-order valence-electron chi connectivity index (χ1n) is 5.05. The Morgan fingerprint density at radius 1 is 1.33 bits per heavy atom. The highest BCUT2D eigenvalue weighted by Crippen LogP contribution is 2.02. The molecule has 2 heteroatoms. The Morgan fingerprint density at radius 3 is 2.50 bits per heavy atom. The molecule has 0 spiro atoms. The maximum atomic E-state index is 8.77. The van der Waals surface area contributed by atoms with Crippen LogP contribution in [0.3, 0.4) is 0 Å². The van der Waals surface area contributed by atoms with Crippen LogP contribution in [0.5, 0.6) is 0 Å². The summed E-state index contributed by atoms with van der Waals surface area (Å²) in [7, 11) is 0. The third kappa shape index (κ3) is 6.62. The highest BCUT2D eigenvalue weighted by molar-refractivity contribution is 4.58. The lowest BCUT2D eigenvalue weighted by molar-refractivity contribution is 0.227. The molecule has 2 nitrogen and oxygen atoms in total. The average Bonchev–Trinajstić information content (AvgIpc) is 2.11. The third-order valence-electron chi connectivity index (χ3n) is 2.29. The van der Waals surface area contributed by atoms with Gasteiger partial charge in [0.1, 0.15) is 0 Å². The molecule has 0 heterocycles. The molecule has 0 aliphatic heterocycles. The van der Waals surface area contributed by atoms with E-state index < -0.39 is 0 Å². The van der Waals surface area contributed by atoms with E-state index in [1.54, 1.807) is 0 Å². The lowest BCUT2D eigenvalue weighted by Gasteiger charge is -2.12. The fourth-order valence-electron chi connectivity index (χ4n) is 1.03. The molecular weight excluding hydrogens is 150 g/mol. The Balaban J connectivity index is 3.10. The van der Waals surface area contributed by atoms with Gasteiger partial charge in [-0.15, -0.1) is 0 Å². The van der Waals surface area contributed by atoms with Crippen molar-refractivity contribution in [2.24, 2.45) is 5.92 Å². The lowest BCUT2D eigenvalue weighted by Crippen LogP contribution is -2.26. The number of hydrogen-bond donors (Lipinski definition) is 2. The summed E-state index contributed by atoms with van der Waals surface area (Å²) in [6.45, 7) is 7.88. The first kappa shape index (κ1) is 11.9. The second kappa shape index (κ2) is 7.56. The van der Waals surface area contributed by atoms with Crippen molar-refractivity contribution in [3.63, 3.8) is 0 Å². The van der Waals surface area contributed by atoms with Crippen molar-refractivity contribution in [2.75, 3.05) is 13.2 Å². The Bertz CT molecular complexity index is 83.8. The quantitative estimate of drug-likeness (QED) is 0.575. The van der Waals surface area contributed by atoms with Crippen LogP contribution < -0.4 is 5.32 Å². The summed E-state index contributed by atoms with van der Waals surface area (Å²) < 4.78 is 0. The fraction of sp³-hybridized carbons (Fsp3) is 1.00. The van der Waals surface area contributed by atoms with E-state index in [-0.39, 0.29) is 0 Å². The minimum Gasteiger partial charge on any atom is -0.396 e. The van der Waals surface area contributed by atoms with Gasteiger partial charge in [-0.25, -0.2) is 0 Å². The summed E-state index contributed by atoms with van der Waals surface area (Å²) in [5.74, 6) is 0.462. The molecule has 0 bridgehead atoms. The number of aliphatic hydroxyl groups is 1. The Hall–Kier alpha value is -0.0800. The molecule has 2 N–H and O–H groups in total. The fourth-order valence-corrected chi connectivity index (χ4v) is 1.03. The van der Waals surface area contributed by atoms with Gasteiger partial charge in [-0.1, -0.05) is 13.8 Å². The molecule has 0 aliphatic carbocycles. The van der Waals surface area contributed by atoms with E-state index in [4.69, 9.17) is 5.11 Å². The van der Waals surface area contributed by atoms with Crippen molar-refractivity contribution in [1.82, 2.24) is 5.32 Å². The minimum atomic E-state index is 0.323. The number of aliphatic hydroxyl groups excluding tert-OH is 1. The largest absolute Gasteiger partial charge is 0.396 e. The van der Waals surface area contributed by atoms with Gasteiger partial charge in [0.2, 0.25) is 0 Å². The SMILES string of the molecule is CCC(C)NCCCC(C)CO. The molecule has 0 amide bonds. The Morgan fingerprint density at radius 2 is 2.00 bits per heavy atom. The number of nitrogens with one attached hydrogen (secondary N) is 1. The van der Waals surface area contributed by atoms with E-state index in [1.807, 2.05) is 0 Å². The molecule has 0 aliphatic rings. The summed E-state index contributed by atoms with van der Waals surface area (Å²) in [6, 6.07) is 0.634. The molecule has 74 valence electrons. The van der Waals surface area contributed by atoms with Crippen molar-refractivity contribution in [3.8, 4) is 0 Å². The molecule has 0 aromatic carbocycles. The highest BCUT2D eigenvalue weighted by Gasteiger charge is 2.00. The first-order chi connectivity index (χ1) is 5.70. The Kier molecular flexibility index (Phi) is 7.51. The summed E-state index contributed by atoms with van der Waals surface area (Å²) in [5.41, 5.74) is 0. The van der Waals surface area contributed by atoms with E-state index in [2.05, 4.69) is 26.1 Å². The normalized spacial score (nSPS) is 16.0. The molecule has 0 aromatic rings. The minimum absolute atomic E-state index is 0.323. The topological polar surface area (TPSA) is 32.3 Å². The molecule has 12 heavy (non-hydrogen) atoms. The maximum Gasteiger partial charge on any atom is 0.0456 e. The summed E-state index contributed by atoms with van der Waals surface area (Å²) in [5, 5.41) is 12.2. The third-order valence-corrected chi connectivity index (χ3v) is 2.29. The number of hydrogen-bond acceptors (Lipinski definition) is 2. The van der Waals surface area contributed by atoms with Crippen LogP contribution in [0, 0.1) is 5.92 Å². The predicted molar refractivity (Wildman–Crippen MR) is 53.2 cm³/mol. The van der Waals surface area contributed by atoms with E-state index >= 15 is 0 Å². The van der Waals surface area contributed by atoms with Crippen LogP contribution in [0.4, 0.5) is 0 Å². The molecule has 2 atom stereocenters. The maximum absolute atomic E-state index is 8.77. The van der Waals surface area contributed by atoms with Gasteiger partial charge in [-0.2, -0.15) is 0 Å². The molecule has 0 aromatic heterocycles. The van der Waals surface area contributed by atoms with Gasteiger partial charge >= 0.3 is 0 Å². The Labute approximate surface area is 76.4 Å². The van der Waals surface area contributed by atoms with Crippen molar-refractivity contribution < 1.29 is 5.11 Å². The zero-order valence-electron chi connectivity index (χ0n) is 8.64. The lowest BCUT2D eigenvalue weighted by atomic mass is 10.1. The van der Waals surface area contributed by atoms with Gasteiger partial charge in [0, 0.05) is 12.6 Å². The van der Waals surface area contributed by atoms with E-state index in [1.165, 1.54) is 12.8 Å². The van der Waals surface area contributed by atoms with Gasteiger partial charge in [0.15, 0.2) is 0 Å². The van der Waals surface area contributed by atoms with E-state index in [0.717, 1.165) is 13.0 Å². The van der Waals surface area contributed by atoms with Crippen LogP contribution in [-0.4, -0.2) is 24.3 Å². The molecule has 0 saturated heterocycles. The van der Waals surface area contributed by atoms with E-state index in [9.17, 15) is 0 Å². The van der Waals surface area contributed by atoms with E-state index in [0.29, 0.717) is 18.6 Å². The van der Waals surface area contributed by atoms with Crippen LogP contribution in [0.1, 0.15) is 40.0 Å². The zero-order valence-corrected chi connectivity index (χ0v) is 8.64. The summed E-state index contributed by atoms with van der Waals surface area (Å²) in [4.78, 5) is 0. The van der Waals surface area contributed by atoms with Gasteiger partial charge in [-0.05, 0) is 38.6 Å². The van der Waals surface area contributed by atoms with Gasteiger partial charge in [-0.3, -0.25) is 0 Å². The highest BCUT2D eigenvalue weighted by atomic mass is 16.3. The summed E-state index contributed by atoms with van der Waals surface area (Å²) >= 11 is 0. The first-order valence-corrected chi connectivity index (χ1v) is 5.05. The average molecular weight is 173 g/mol. The second-order valence-corrected chi connectivity index (χ2v) is 3.69. The molecule has 0 saturated carbocycles. The van der Waals surface area contributed by atoms with Crippen molar-refractivity contribution >= 4 is 0 Å². The van der Waals surface area contributed by atoms with Gasteiger partial charge < -0.3 is 10.4 Å². The van der Waals surface area contributed by atoms with Crippen LogP contribution in [0.25, 0.3) is 0 Å². The van der Waals surface area contributed by atoms with Crippen LogP contribution in [0.15, 0.2) is 0 Å². The van der Waals surface area contributed by atoms with Gasteiger partial charge in [0.05, 0.1) is 0 Å². The second-order valence-electron chi connectivity index (χ2n) is 3.69. The molecule has 0 radical (unpaired) electrons. The van der Waals surface area contributed by atoms with Crippen LogP contribution in [0.2, 0.25) is 0 Å². The molecule has 0 fully saturated rings. The smallest absolute Gasteiger partial charge is 0.0456 e. The van der Waals surface area contributed by atoms with Crippen molar-refractivity contribution in [2.45, 2.75) is 46.1 Å². The molecule has 0 rings (SSSR count). The van der Waals surface area contributed by atoms with Crippen molar-refractivity contribution in [1.29, 1.82) is 0 Å². The standard InChI is InChI=1S/C10H23NO/c1-4-10(3)11-7-5-6-9(2)8-12/h9-12H,4-8H2,1-3H3. The number of rotatable bonds is 7. The monoisotopic (exact) mass is 173 g/mol. The summed E-state index contributed by atoms with van der Waals surface area (Å²) in [6.07, 6.45) is 3.49. The van der Waals surface area contributed by atoms with Crippen LogP contribution in [-0.2, 0) is 0 Å². The molecular formula is C10H23NO. The predicted octanol–water partition coefficient (Wildman–Crippen LogP) is 1.78. The van der Waals surface area contributed by atoms with Crippen molar-refractivity contribution in [3.05, 3.63) is 0 Å². The zero-order chi connectivity index (χ0) is 9.40. The molecule has 2 unspecified atom stereocenters. The van der Waals surface area contributed by atoms with Crippen LogP contribution >= 0.6 is 0 Å².